The molecule has 36 heavy (non-hydrogen) atoms. The van der Waals surface area contributed by atoms with E-state index in [1.807, 2.05) is 0 Å². The van der Waals surface area contributed by atoms with Crippen LogP contribution in [-0.4, -0.2) is 75.7 Å². The van der Waals surface area contributed by atoms with E-state index in [2.05, 4.69) is 16.0 Å². The maximum Gasteiger partial charge on any atom is 0.326 e. The lowest BCUT2D eigenvalue weighted by molar-refractivity contribution is -0.143. The van der Waals surface area contributed by atoms with Crippen LogP contribution in [0.4, 0.5) is 0 Å². The number of nitrogens with two attached hydrogens (primary N) is 2. The SMILES string of the molecule is CCC(C)C(NC(=O)C(Cc1ccc(O)cc1)NC(=O)C(CCC(N)=O)NC(=O)C(N)CO)C(=O)O. The fourth-order valence-electron chi connectivity index (χ4n) is 3.20. The average molecular weight is 510 g/mol. The van der Waals surface area contributed by atoms with Crippen molar-refractivity contribution in [2.45, 2.75) is 63.7 Å². The molecule has 0 radical (unpaired) electrons. The molecule has 200 valence electrons. The van der Waals surface area contributed by atoms with Crippen molar-refractivity contribution in [1.82, 2.24) is 16.0 Å². The Hall–Kier alpha value is -3.71. The van der Waals surface area contributed by atoms with Crippen LogP contribution in [0.5, 0.6) is 5.75 Å². The van der Waals surface area contributed by atoms with Crippen molar-refractivity contribution in [3.63, 3.8) is 0 Å². The molecule has 13 heteroatoms. The normalized spacial score (nSPS) is 15.0. The highest BCUT2D eigenvalue weighted by atomic mass is 16.4. The summed E-state index contributed by atoms with van der Waals surface area (Å²) >= 11 is 0. The van der Waals surface area contributed by atoms with Crippen LogP contribution in [0.1, 0.15) is 38.7 Å². The number of phenolic OH excluding ortho intramolecular Hbond substituents is 1. The first-order valence-corrected chi connectivity index (χ1v) is 11.5. The number of carboxylic acid groups (broad SMARTS) is 1. The van der Waals surface area contributed by atoms with E-state index >= 15 is 0 Å². The highest BCUT2D eigenvalue weighted by Gasteiger charge is 2.32. The first-order chi connectivity index (χ1) is 16.9. The van der Waals surface area contributed by atoms with Gasteiger partial charge in [0.05, 0.1) is 6.61 Å². The predicted molar refractivity (Wildman–Crippen MR) is 128 cm³/mol. The molecule has 10 N–H and O–H groups in total. The lowest BCUT2D eigenvalue weighted by Gasteiger charge is -2.26. The van der Waals surface area contributed by atoms with Gasteiger partial charge in [-0.05, 0) is 30.0 Å². The molecule has 0 aliphatic carbocycles. The predicted octanol–water partition coefficient (Wildman–Crippen LogP) is -1.90. The van der Waals surface area contributed by atoms with Crippen LogP contribution in [0.25, 0.3) is 0 Å². The minimum atomic E-state index is -1.32. The molecule has 5 atom stereocenters. The number of amides is 4. The number of rotatable bonds is 15. The third kappa shape index (κ3) is 9.88. The summed E-state index contributed by atoms with van der Waals surface area (Å²) in [5.41, 5.74) is 11.2. The molecular formula is C23H35N5O8. The second-order valence-corrected chi connectivity index (χ2v) is 8.50. The first kappa shape index (κ1) is 30.3. The Balaban J connectivity index is 3.19. The van der Waals surface area contributed by atoms with Crippen LogP contribution < -0.4 is 27.4 Å². The molecule has 13 nitrogen and oxygen atoms in total. The van der Waals surface area contributed by atoms with Crippen molar-refractivity contribution in [3.05, 3.63) is 29.8 Å². The van der Waals surface area contributed by atoms with Gasteiger partial charge < -0.3 is 42.7 Å². The summed E-state index contributed by atoms with van der Waals surface area (Å²) in [6.07, 6.45) is -0.0736. The summed E-state index contributed by atoms with van der Waals surface area (Å²) < 4.78 is 0. The molecule has 1 rings (SSSR count). The third-order valence-corrected chi connectivity index (χ3v) is 5.63. The van der Waals surface area contributed by atoms with E-state index in [1.165, 1.54) is 24.3 Å². The zero-order chi connectivity index (χ0) is 27.4. The van der Waals surface area contributed by atoms with E-state index < -0.39 is 66.3 Å². The zero-order valence-corrected chi connectivity index (χ0v) is 20.3. The number of hydrogen-bond donors (Lipinski definition) is 8. The van der Waals surface area contributed by atoms with Crippen molar-refractivity contribution in [2.24, 2.45) is 17.4 Å². The van der Waals surface area contributed by atoms with E-state index in [0.717, 1.165) is 0 Å². The van der Waals surface area contributed by atoms with Gasteiger partial charge in [-0.3, -0.25) is 19.2 Å². The monoisotopic (exact) mass is 509 g/mol. The standard InChI is InChI=1S/C23H35N5O8/c1-3-12(2)19(23(35)36)28-22(34)17(10-13-4-6-14(30)7-5-13)27-21(33)16(8-9-18(25)31)26-20(32)15(24)11-29/h4-7,12,15-17,19,29-30H,3,8-11,24H2,1-2H3,(H2,25,31)(H,26,32)(H,27,33)(H,28,34)(H,35,36). The summed E-state index contributed by atoms with van der Waals surface area (Å²) in [7, 11) is 0. The number of aliphatic hydroxyl groups excluding tert-OH is 1. The molecule has 0 saturated heterocycles. The quantitative estimate of drug-likeness (QED) is 0.132. The number of carbonyl (C=O) groups is 5. The van der Waals surface area contributed by atoms with Gasteiger partial charge in [0.15, 0.2) is 0 Å². The molecule has 0 spiro atoms. The Morgan fingerprint density at radius 3 is 2.00 bits per heavy atom. The van der Waals surface area contributed by atoms with Gasteiger partial charge in [-0.2, -0.15) is 0 Å². The molecule has 0 aromatic heterocycles. The van der Waals surface area contributed by atoms with Crippen LogP contribution in [-0.2, 0) is 30.4 Å². The van der Waals surface area contributed by atoms with Crippen LogP contribution in [0.15, 0.2) is 24.3 Å². The summed E-state index contributed by atoms with van der Waals surface area (Å²) in [6.45, 7) is 2.74. The number of carbonyl (C=O) groups excluding carboxylic acids is 4. The smallest absolute Gasteiger partial charge is 0.326 e. The van der Waals surface area contributed by atoms with Crippen molar-refractivity contribution in [2.75, 3.05) is 6.61 Å². The fraction of sp³-hybridized carbons (Fsp3) is 0.522. The van der Waals surface area contributed by atoms with E-state index in [-0.39, 0.29) is 25.0 Å². The van der Waals surface area contributed by atoms with Crippen LogP contribution in [0.2, 0.25) is 0 Å². The first-order valence-electron chi connectivity index (χ1n) is 11.5. The molecule has 0 aliphatic heterocycles. The minimum Gasteiger partial charge on any atom is -0.508 e. The molecular weight excluding hydrogens is 474 g/mol. The van der Waals surface area contributed by atoms with E-state index in [4.69, 9.17) is 16.6 Å². The van der Waals surface area contributed by atoms with Crippen molar-refractivity contribution >= 4 is 29.6 Å². The van der Waals surface area contributed by atoms with Crippen molar-refractivity contribution < 1.29 is 39.3 Å². The Kier molecular flexibility index (Phi) is 12.3. The summed E-state index contributed by atoms with van der Waals surface area (Å²) in [5, 5.41) is 35.4. The summed E-state index contributed by atoms with van der Waals surface area (Å²) in [5.74, 6) is -4.87. The third-order valence-electron chi connectivity index (χ3n) is 5.63. The number of aliphatic hydroxyl groups is 1. The van der Waals surface area contributed by atoms with Gasteiger partial charge in [0.2, 0.25) is 23.6 Å². The van der Waals surface area contributed by atoms with Gasteiger partial charge in [0.1, 0.15) is 29.9 Å². The van der Waals surface area contributed by atoms with E-state index in [0.29, 0.717) is 12.0 Å². The molecule has 4 amide bonds. The molecule has 1 aromatic rings. The number of aromatic hydroxyl groups is 1. The van der Waals surface area contributed by atoms with Gasteiger partial charge in [-0.1, -0.05) is 32.4 Å². The van der Waals surface area contributed by atoms with Crippen LogP contribution in [0, 0.1) is 5.92 Å². The number of nitrogens with one attached hydrogen (secondary N) is 3. The highest BCUT2D eigenvalue weighted by Crippen LogP contribution is 2.13. The topological polar surface area (TPSA) is 234 Å². The van der Waals surface area contributed by atoms with Gasteiger partial charge in [-0.15, -0.1) is 0 Å². The minimum absolute atomic E-state index is 0.0130. The Morgan fingerprint density at radius 2 is 1.50 bits per heavy atom. The Bertz CT molecular complexity index is 924. The molecule has 0 heterocycles. The summed E-state index contributed by atoms with van der Waals surface area (Å²) in [4.78, 5) is 61.2. The lowest BCUT2D eigenvalue weighted by atomic mass is 9.98. The number of phenols is 1. The molecule has 0 aliphatic rings. The summed E-state index contributed by atoms with van der Waals surface area (Å²) in [6, 6.07) is 0.700. The highest BCUT2D eigenvalue weighted by molar-refractivity contribution is 5.94. The number of carboxylic acids is 1. The molecule has 1 aromatic carbocycles. The van der Waals surface area contributed by atoms with Crippen LogP contribution >= 0.6 is 0 Å². The van der Waals surface area contributed by atoms with Crippen molar-refractivity contribution in [1.29, 1.82) is 0 Å². The van der Waals surface area contributed by atoms with Crippen LogP contribution in [0.3, 0.4) is 0 Å². The van der Waals surface area contributed by atoms with Gasteiger partial charge in [0, 0.05) is 12.8 Å². The van der Waals surface area contributed by atoms with Gasteiger partial charge >= 0.3 is 5.97 Å². The van der Waals surface area contributed by atoms with Crippen molar-refractivity contribution in [3.8, 4) is 5.75 Å². The second kappa shape index (κ2) is 14.6. The number of primary amides is 1. The lowest BCUT2D eigenvalue weighted by Crippen LogP contribution is -2.58. The molecule has 0 saturated carbocycles. The maximum atomic E-state index is 13.1. The molecule has 5 unspecified atom stereocenters. The Labute approximate surface area is 208 Å². The number of hydrogen-bond acceptors (Lipinski definition) is 8. The number of aliphatic carboxylic acids is 1. The molecule has 0 fully saturated rings. The van der Waals surface area contributed by atoms with E-state index in [9.17, 15) is 34.2 Å². The zero-order valence-electron chi connectivity index (χ0n) is 20.3. The largest absolute Gasteiger partial charge is 0.508 e. The van der Waals surface area contributed by atoms with E-state index in [1.54, 1.807) is 13.8 Å². The molecule has 0 bridgehead atoms. The average Bonchev–Trinajstić information content (AvgIpc) is 2.84. The van der Waals surface area contributed by atoms with Gasteiger partial charge in [0.25, 0.3) is 0 Å². The Morgan fingerprint density at radius 1 is 0.944 bits per heavy atom. The maximum absolute atomic E-state index is 13.1. The van der Waals surface area contributed by atoms with Gasteiger partial charge in [-0.25, -0.2) is 4.79 Å². The second-order valence-electron chi connectivity index (χ2n) is 8.50. The fourth-order valence-corrected chi connectivity index (χ4v) is 3.20. The number of benzene rings is 1.